The van der Waals surface area contributed by atoms with Gasteiger partial charge in [0.25, 0.3) is 0 Å². The highest BCUT2D eigenvalue weighted by atomic mass is 32.1. The maximum Gasteiger partial charge on any atom is 0.141 e. The maximum atomic E-state index is 12.0. The zero-order valence-corrected chi connectivity index (χ0v) is 10.3. The number of carbonyl (C=O) groups excluding carboxylic acids is 1. The lowest BCUT2D eigenvalue weighted by Crippen LogP contribution is -2.16. The third kappa shape index (κ3) is 2.31. The van der Waals surface area contributed by atoms with Crippen molar-refractivity contribution in [3.63, 3.8) is 0 Å². The van der Waals surface area contributed by atoms with Crippen LogP contribution in [0.2, 0.25) is 0 Å². The van der Waals surface area contributed by atoms with Gasteiger partial charge in [0.1, 0.15) is 5.78 Å². The summed E-state index contributed by atoms with van der Waals surface area (Å²) in [6, 6.07) is 4.27. The molecule has 2 heteroatoms. The highest BCUT2D eigenvalue weighted by molar-refractivity contribution is 7.12. The Morgan fingerprint density at radius 2 is 2.13 bits per heavy atom. The van der Waals surface area contributed by atoms with Gasteiger partial charge in [0.15, 0.2) is 0 Å². The van der Waals surface area contributed by atoms with E-state index in [4.69, 9.17) is 0 Å². The van der Waals surface area contributed by atoms with E-state index in [0.717, 1.165) is 12.8 Å². The summed E-state index contributed by atoms with van der Waals surface area (Å²) in [7, 11) is 0. The van der Waals surface area contributed by atoms with Crippen LogP contribution in [0, 0.1) is 12.8 Å². The van der Waals surface area contributed by atoms with Crippen molar-refractivity contribution < 1.29 is 4.79 Å². The van der Waals surface area contributed by atoms with Gasteiger partial charge in [-0.3, -0.25) is 4.79 Å². The Kier molecular flexibility index (Phi) is 3.25. The first-order chi connectivity index (χ1) is 7.18. The topological polar surface area (TPSA) is 17.1 Å². The molecule has 0 bridgehead atoms. The van der Waals surface area contributed by atoms with Crippen molar-refractivity contribution >= 4 is 17.1 Å². The first-order valence-electron chi connectivity index (χ1n) is 5.77. The zero-order valence-electron chi connectivity index (χ0n) is 9.45. The van der Waals surface area contributed by atoms with Crippen LogP contribution in [0.1, 0.15) is 48.3 Å². The smallest absolute Gasteiger partial charge is 0.141 e. The Balaban J connectivity index is 2.27. The molecule has 1 heterocycles. The summed E-state index contributed by atoms with van der Waals surface area (Å²) in [5.74, 6) is 1.17. The second-order valence-corrected chi connectivity index (χ2v) is 5.93. The van der Waals surface area contributed by atoms with Crippen LogP contribution in [-0.4, -0.2) is 5.78 Å². The minimum absolute atomic E-state index is 0.186. The highest BCUT2D eigenvalue weighted by Gasteiger charge is 2.29. The number of rotatable bonds is 1. The van der Waals surface area contributed by atoms with Crippen LogP contribution >= 0.6 is 11.3 Å². The van der Waals surface area contributed by atoms with Crippen LogP contribution in [0.25, 0.3) is 0 Å². The van der Waals surface area contributed by atoms with Crippen molar-refractivity contribution in [3.05, 3.63) is 21.9 Å². The van der Waals surface area contributed by atoms with E-state index in [1.807, 2.05) is 0 Å². The van der Waals surface area contributed by atoms with E-state index >= 15 is 0 Å². The summed E-state index contributed by atoms with van der Waals surface area (Å²) < 4.78 is 0. The molecule has 0 aliphatic heterocycles. The SMILES string of the molecule is Cc1ccc([C@@H]2C(=O)CCCC[C@@H]2C)s1. The maximum absolute atomic E-state index is 12.0. The normalized spacial score (nSPS) is 27.7. The molecule has 0 aromatic carbocycles. The largest absolute Gasteiger partial charge is 0.299 e. The van der Waals surface area contributed by atoms with Crippen LogP contribution in [-0.2, 0) is 4.79 Å². The Morgan fingerprint density at radius 1 is 1.33 bits per heavy atom. The van der Waals surface area contributed by atoms with Crippen LogP contribution in [0.3, 0.4) is 0 Å². The molecular formula is C13H18OS. The minimum atomic E-state index is 0.186. The van der Waals surface area contributed by atoms with Gasteiger partial charge in [-0.1, -0.05) is 13.3 Å². The lowest BCUT2D eigenvalue weighted by atomic mass is 9.87. The molecule has 0 amide bonds. The number of hydrogen-bond donors (Lipinski definition) is 0. The van der Waals surface area contributed by atoms with Crippen LogP contribution in [0.5, 0.6) is 0 Å². The number of thiophene rings is 1. The molecule has 0 unspecified atom stereocenters. The van der Waals surface area contributed by atoms with Crippen molar-refractivity contribution in [1.29, 1.82) is 0 Å². The summed E-state index contributed by atoms with van der Waals surface area (Å²) in [6.45, 7) is 4.34. The Labute approximate surface area is 95.5 Å². The molecule has 15 heavy (non-hydrogen) atoms. The Hall–Kier alpha value is -0.630. The first kappa shape index (κ1) is 10.9. The molecule has 1 aromatic rings. The third-order valence-electron chi connectivity index (χ3n) is 3.32. The van der Waals surface area contributed by atoms with Gasteiger partial charge in [-0.25, -0.2) is 0 Å². The summed E-state index contributed by atoms with van der Waals surface area (Å²) in [5, 5.41) is 0. The molecule has 1 saturated carbocycles. The van der Waals surface area contributed by atoms with E-state index in [-0.39, 0.29) is 5.92 Å². The molecule has 0 N–H and O–H groups in total. The van der Waals surface area contributed by atoms with Crippen molar-refractivity contribution in [2.45, 2.75) is 45.4 Å². The molecule has 1 aromatic heterocycles. The fraction of sp³-hybridized carbons (Fsp3) is 0.615. The summed E-state index contributed by atoms with van der Waals surface area (Å²) in [4.78, 5) is 14.6. The fourth-order valence-electron chi connectivity index (χ4n) is 2.46. The molecular weight excluding hydrogens is 204 g/mol. The third-order valence-corrected chi connectivity index (χ3v) is 4.40. The van der Waals surface area contributed by atoms with Crippen molar-refractivity contribution in [2.24, 2.45) is 5.92 Å². The standard InChI is InChI=1S/C13H18OS/c1-9-5-3-4-6-11(14)13(9)12-8-7-10(2)15-12/h7-9,13H,3-6H2,1-2H3/t9-,13-/m0/s1. The molecule has 1 nitrogen and oxygen atoms in total. The van der Waals surface area contributed by atoms with Crippen LogP contribution in [0.15, 0.2) is 12.1 Å². The number of hydrogen-bond acceptors (Lipinski definition) is 2. The van der Waals surface area contributed by atoms with E-state index < -0.39 is 0 Å². The van der Waals surface area contributed by atoms with Crippen molar-refractivity contribution in [2.75, 3.05) is 0 Å². The van der Waals surface area contributed by atoms with Crippen molar-refractivity contribution in [1.82, 2.24) is 0 Å². The number of ketones is 1. The second kappa shape index (κ2) is 4.48. The number of aryl methyl sites for hydroxylation is 1. The minimum Gasteiger partial charge on any atom is -0.299 e. The van der Waals surface area contributed by atoms with Crippen LogP contribution < -0.4 is 0 Å². The van der Waals surface area contributed by atoms with Crippen LogP contribution in [0.4, 0.5) is 0 Å². The van der Waals surface area contributed by atoms with Gasteiger partial charge in [-0.2, -0.15) is 0 Å². The summed E-state index contributed by atoms with van der Waals surface area (Å²) >= 11 is 1.79. The summed E-state index contributed by atoms with van der Waals surface area (Å²) in [6.07, 6.45) is 4.29. The Bertz CT molecular complexity index is 353. The number of Topliss-reactive ketones (excluding diaryl/α,β-unsaturated/α-hetero) is 1. The molecule has 0 spiro atoms. The summed E-state index contributed by atoms with van der Waals surface area (Å²) in [5.41, 5.74) is 0. The molecule has 1 fully saturated rings. The zero-order chi connectivity index (χ0) is 10.8. The van der Waals surface area contributed by atoms with E-state index in [2.05, 4.69) is 26.0 Å². The predicted octanol–water partition coefficient (Wildman–Crippen LogP) is 3.92. The number of carbonyl (C=O) groups is 1. The lowest BCUT2D eigenvalue weighted by Gasteiger charge is -2.18. The van der Waals surface area contributed by atoms with E-state index in [1.165, 1.54) is 22.6 Å². The average molecular weight is 222 g/mol. The quantitative estimate of drug-likeness (QED) is 0.658. The second-order valence-electron chi connectivity index (χ2n) is 4.62. The molecule has 1 aliphatic rings. The lowest BCUT2D eigenvalue weighted by molar-refractivity contribution is -0.121. The first-order valence-corrected chi connectivity index (χ1v) is 6.59. The van der Waals surface area contributed by atoms with Gasteiger partial charge in [0, 0.05) is 16.2 Å². The molecule has 0 saturated heterocycles. The fourth-order valence-corrected chi connectivity index (χ4v) is 3.60. The molecule has 0 radical (unpaired) electrons. The van der Waals surface area contributed by atoms with Gasteiger partial charge >= 0.3 is 0 Å². The van der Waals surface area contributed by atoms with Gasteiger partial charge in [0.2, 0.25) is 0 Å². The van der Waals surface area contributed by atoms with E-state index in [1.54, 1.807) is 11.3 Å². The molecule has 82 valence electrons. The van der Waals surface area contributed by atoms with Gasteiger partial charge in [0.05, 0.1) is 5.92 Å². The monoisotopic (exact) mass is 222 g/mol. The average Bonchev–Trinajstić information content (AvgIpc) is 2.52. The molecule has 2 atom stereocenters. The Morgan fingerprint density at radius 3 is 2.80 bits per heavy atom. The molecule has 2 rings (SSSR count). The van der Waals surface area contributed by atoms with Gasteiger partial charge in [-0.15, -0.1) is 11.3 Å². The van der Waals surface area contributed by atoms with Gasteiger partial charge in [-0.05, 0) is 37.8 Å². The van der Waals surface area contributed by atoms with Gasteiger partial charge < -0.3 is 0 Å². The van der Waals surface area contributed by atoms with E-state index in [0.29, 0.717) is 11.7 Å². The highest BCUT2D eigenvalue weighted by Crippen LogP contribution is 2.37. The molecule has 1 aliphatic carbocycles. The predicted molar refractivity (Wildman–Crippen MR) is 64.4 cm³/mol. The van der Waals surface area contributed by atoms with E-state index in [9.17, 15) is 4.79 Å². The van der Waals surface area contributed by atoms with Crippen molar-refractivity contribution in [3.8, 4) is 0 Å².